The molecule has 0 spiro atoms. The summed E-state index contributed by atoms with van der Waals surface area (Å²) in [5.41, 5.74) is 1.80. The SMILES string of the molecule is CN(C)CCNc1ccc(C(=O)Nc2ccccc2Cl)nc1. The van der Waals surface area contributed by atoms with Crippen LogP contribution in [0.25, 0.3) is 0 Å². The van der Waals surface area contributed by atoms with E-state index in [2.05, 4.69) is 20.5 Å². The average Bonchev–Trinajstić information content (AvgIpc) is 2.50. The minimum Gasteiger partial charge on any atom is -0.383 e. The predicted octanol–water partition coefficient (Wildman–Crippen LogP) is 2.96. The second-order valence-corrected chi connectivity index (χ2v) is 5.50. The summed E-state index contributed by atoms with van der Waals surface area (Å²) in [7, 11) is 4.03. The molecule has 0 atom stereocenters. The highest BCUT2D eigenvalue weighted by atomic mass is 35.5. The van der Waals surface area contributed by atoms with Gasteiger partial charge in [-0.25, -0.2) is 4.98 Å². The number of nitrogens with zero attached hydrogens (tertiary/aromatic N) is 2. The number of anilines is 2. The van der Waals surface area contributed by atoms with Gasteiger partial charge in [0.2, 0.25) is 0 Å². The van der Waals surface area contributed by atoms with E-state index in [9.17, 15) is 4.79 Å². The molecule has 0 aliphatic rings. The Bertz CT molecular complexity index is 628. The highest BCUT2D eigenvalue weighted by Gasteiger charge is 2.09. The van der Waals surface area contributed by atoms with Crippen LogP contribution in [0.4, 0.5) is 11.4 Å². The topological polar surface area (TPSA) is 57.3 Å². The molecular formula is C16H19ClN4O. The summed E-state index contributed by atoms with van der Waals surface area (Å²) in [5, 5.41) is 6.49. The predicted molar refractivity (Wildman–Crippen MR) is 90.7 cm³/mol. The number of rotatable bonds is 6. The molecule has 1 aromatic heterocycles. The van der Waals surface area contributed by atoms with Gasteiger partial charge in [-0.15, -0.1) is 0 Å². The molecule has 6 heteroatoms. The van der Waals surface area contributed by atoms with E-state index < -0.39 is 0 Å². The first-order valence-corrected chi connectivity index (χ1v) is 7.34. The second kappa shape index (κ2) is 7.77. The highest BCUT2D eigenvalue weighted by Crippen LogP contribution is 2.21. The molecule has 0 unspecified atom stereocenters. The fraction of sp³-hybridized carbons (Fsp3) is 0.250. The molecule has 0 radical (unpaired) electrons. The first kappa shape index (κ1) is 16.3. The number of carbonyl (C=O) groups excluding carboxylic acids is 1. The van der Waals surface area contributed by atoms with Gasteiger partial charge in [0.1, 0.15) is 5.69 Å². The summed E-state index contributed by atoms with van der Waals surface area (Å²) in [6.45, 7) is 1.74. The number of halogens is 1. The van der Waals surface area contributed by atoms with E-state index >= 15 is 0 Å². The molecule has 0 bridgehead atoms. The van der Waals surface area contributed by atoms with Crippen molar-refractivity contribution >= 4 is 28.9 Å². The van der Waals surface area contributed by atoms with E-state index in [4.69, 9.17) is 11.6 Å². The number of hydrogen-bond acceptors (Lipinski definition) is 4. The summed E-state index contributed by atoms with van der Waals surface area (Å²) in [6, 6.07) is 10.6. The van der Waals surface area contributed by atoms with Gasteiger partial charge in [-0.2, -0.15) is 0 Å². The molecule has 0 fully saturated rings. The van der Waals surface area contributed by atoms with Gasteiger partial charge < -0.3 is 15.5 Å². The van der Waals surface area contributed by atoms with Crippen LogP contribution in [-0.4, -0.2) is 43.0 Å². The zero-order valence-electron chi connectivity index (χ0n) is 12.6. The van der Waals surface area contributed by atoms with Gasteiger partial charge >= 0.3 is 0 Å². The Morgan fingerprint density at radius 2 is 2.00 bits per heavy atom. The van der Waals surface area contributed by atoms with E-state index in [0.29, 0.717) is 16.4 Å². The van der Waals surface area contributed by atoms with Gasteiger partial charge in [-0.3, -0.25) is 4.79 Å². The van der Waals surface area contributed by atoms with Crippen LogP contribution in [0.2, 0.25) is 5.02 Å². The second-order valence-electron chi connectivity index (χ2n) is 5.10. The third-order valence-corrected chi connectivity index (χ3v) is 3.34. The number of amides is 1. The number of carbonyl (C=O) groups is 1. The van der Waals surface area contributed by atoms with Crippen LogP contribution >= 0.6 is 11.6 Å². The maximum Gasteiger partial charge on any atom is 0.274 e. The van der Waals surface area contributed by atoms with Crippen molar-refractivity contribution in [1.82, 2.24) is 9.88 Å². The Balaban J connectivity index is 1.95. The number of benzene rings is 1. The van der Waals surface area contributed by atoms with E-state index in [1.165, 1.54) is 0 Å². The van der Waals surface area contributed by atoms with Crippen molar-refractivity contribution in [1.29, 1.82) is 0 Å². The Hall–Kier alpha value is -2.11. The molecule has 0 saturated carbocycles. The largest absolute Gasteiger partial charge is 0.383 e. The third-order valence-electron chi connectivity index (χ3n) is 3.01. The molecule has 0 saturated heterocycles. The molecule has 0 aliphatic carbocycles. The third kappa shape index (κ3) is 4.72. The van der Waals surface area contributed by atoms with Crippen LogP contribution in [0, 0.1) is 0 Å². The summed E-state index contributed by atoms with van der Waals surface area (Å²) in [5.74, 6) is -0.284. The standard InChI is InChI=1S/C16H19ClN4O/c1-21(2)10-9-18-12-7-8-15(19-11-12)16(22)20-14-6-4-3-5-13(14)17/h3-8,11,18H,9-10H2,1-2H3,(H,20,22). The number of aromatic nitrogens is 1. The molecule has 1 amide bonds. The fourth-order valence-electron chi connectivity index (χ4n) is 1.81. The van der Waals surface area contributed by atoms with Gasteiger partial charge in [0.25, 0.3) is 5.91 Å². The monoisotopic (exact) mass is 318 g/mol. The summed E-state index contributed by atoms with van der Waals surface area (Å²) >= 11 is 6.01. The lowest BCUT2D eigenvalue weighted by molar-refractivity contribution is 0.102. The normalized spacial score (nSPS) is 10.5. The zero-order valence-corrected chi connectivity index (χ0v) is 13.4. The summed E-state index contributed by atoms with van der Waals surface area (Å²) in [4.78, 5) is 18.4. The quantitative estimate of drug-likeness (QED) is 0.859. The van der Waals surface area contributed by atoms with Crippen LogP contribution in [0.3, 0.4) is 0 Å². The first-order chi connectivity index (χ1) is 10.6. The molecule has 2 rings (SSSR count). The van der Waals surface area contributed by atoms with E-state index in [1.807, 2.05) is 32.3 Å². The fourth-order valence-corrected chi connectivity index (χ4v) is 1.99. The van der Waals surface area contributed by atoms with E-state index in [1.54, 1.807) is 24.4 Å². The van der Waals surface area contributed by atoms with Crippen molar-refractivity contribution in [3.63, 3.8) is 0 Å². The highest BCUT2D eigenvalue weighted by molar-refractivity contribution is 6.33. The number of hydrogen-bond donors (Lipinski definition) is 2. The Labute approximate surface area is 135 Å². The maximum absolute atomic E-state index is 12.1. The average molecular weight is 319 g/mol. The Morgan fingerprint density at radius 3 is 2.64 bits per heavy atom. The maximum atomic E-state index is 12.1. The molecule has 2 N–H and O–H groups in total. The molecule has 0 aliphatic heterocycles. The molecule has 2 aromatic rings. The summed E-state index contributed by atoms with van der Waals surface area (Å²) < 4.78 is 0. The van der Waals surface area contributed by atoms with Crippen molar-refractivity contribution in [2.24, 2.45) is 0 Å². The van der Waals surface area contributed by atoms with Crippen molar-refractivity contribution in [3.8, 4) is 0 Å². The van der Waals surface area contributed by atoms with E-state index in [-0.39, 0.29) is 5.91 Å². The molecule has 1 aromatic carbocycles. The zero-order chi connectivity index (χ0) is 15.9. The van der Waals surface area contributed by atoms with Crippen molar-refractivity contribution in [2.75, 3.05) is 37.8 Å². The number of nitrogens with one attached hydrogen (secondary N) is 2. The van der Waals surface area contributed by atoms with Gasteiger partial charge in [-0.1, -0.05) is 23.7 Å². The molecule has 5 nitrogen and oxygen atoms in total. The lowest BCUT2D eigenvalue weighted by atomic mass is 10.3. The molecule has 1 heterocycles. The van der Waals surface area contributed by atoms with Gasteiger partial charge in [-0.05, 0) is 38.4 Å². The van der Waals surface area contributed by atoms with Gasteiger partial charge in [0.05, 0.1) is 22.6 Å². The minimum atomic E-state index is -0.284. The first-order valence-electron chi connectivity index (χ1n) is 6.97. The van der Waals surface area contributed by atoms with Crippen LogP contribution in [0.15, 0.2) is 42.6 Å². The van der Waals surface area contributed by atoms with Crippen molar-refractivity contribution in [3.05, 3.63) is 53.3 Å². The van der Waals surface area contributed by atoms with Crippen LogP contribution in [0.1, 0.15) is 10.5 Å². The lowest BCUT2D eigenvalue weighted by Crippen LogP contribution is -2.21. The van der Waals surface area contributed by atoms with Gasteiger partial charge in [0.15, 0.2) is 0 Å². The number of para-hydroxylation sites is 1. The van der Waals surface area contributed by atoms with Gasteiger partial charge in [0, 0.05) is 13.1 Å². The lowest BCUT2D eigenvalue weighted by Gasteiger charge is -2.11. The van der Waals surface area contributed by atoms with Crippen LogP contribution < -0.4 is 10.6 Å². The molecule has 116 valence electrons. The number of likely N-dealkylation sites (N-methyl/N-ethyl adjacent to an activating group) is 1. The van der Waals surface area contributed by atoms with E-state index in [0.717, 1.165) is 18.8 Å². The minimum absolute atomic E-state index is 0.284. The smallest absolute Gasteiger partial charge is 0.274 e. The Kier molecular flexibility index (Phi) is 5.75. The Morgan fingerprint density at radius 1 is 1.23 bits per heavy atom. The molecule has 22 heavy (non-hydrogen) atoms. The number of pyridine rings is 1. The summed E-state index contributed by atoms with van der Waals surface area (Å²) in [6.07, 6.45) is 1.65. The van der Waals surface area contributed by atoms with Crippen molar-refractivity contribution in [2.45, 2.75) is 0 Å². The van der Waals surface area contributed by atoms with Crippen LogP contribution in [-0.2, 0) is 0 Å². The van der Waals surface area contributed by atoms with Crippen molar-refractivity contribution < 1.29 is 4.79 Å². The molecular weight excluding hydrogens is 300 g/mol. The van der Waals surface area contributed by atoms with Crippen LogP contribution in [0.5, 0.6) is 0 Å².